The van der Waals surface area contributed by atoms with Crippen molar-refractivity contribution < 1.29 is 13.9 Å². The summed E-state index contributed by atoms with van der Waals surface area (Å²) in [6.07, 6.45) is 2.41. The molecule has 132 valence electrons. The van der Waals surface area contributed by atoms with Gasteiger partial charge in [0, 0.05) is 12.1 Å². The first-order valence-corrected chi connectivity index (χ1v) is 8.37. The van der Waals surface area contributed by atoms with Gasteiger partial charge in [0.15, 0.2) is 5.89 Å². The summed E-state index contributed by atoms with van der Waals surface area (Å²) in [5, 5.41) is 2.84. The van der Waals surface area contributed by atoms with E-state index in [9.17, 15) is 4.79 Å². The van der Waals surface area contributed by atoms with Crippen LogP contribution in [0.1, 0.15) is 41.0 Å². The van der Waals surface area contributed by atoms with Gasteiger partial charge in [-0.1, -0.05) is 19.1 Å². The number of anilines is 1. The zero-order valence-electron chi connectivity index (χ0n) is 14.4. The van der Waals surface area contributed by atoms with Gasteiger partial charge in [0.25, 0.3) is 11.9 Å². The molecule has 0 saturated heterocycles. The van der Waals surface area contributed by atoms with Crippen molar-refractivity contribution >= 4 is 17.6 Å². The van der Waals surface area contributed by atoms with E-state index in [2.05, 4.69) is 15.3 Å². The van der Waals surface area contributed by atoms with E-state index in [-0.39, 0.29) is 23.7 Å². The molecule has 0 bridgehead atoms. The third-order valence-electron chi connectivity index (χ3n) is 4.06. The first kappa shape index (κ1) is 17.0. The van der Waals surface area contributed by atoms with Crippen LogP contribution < -0.4 is 11.1 Å². The van der Waals surface area contributed by atoms with Crippen LogP contribution in [0, 0.1) is 6.92 Å². The number of aromatic nitrogens is 1. The molecule has 7 nitrogen and oxygen atoms in total. The molecular formula is C18H22N4O3. The number of nitrogens with one attached hydrogen (secondary N) is 1. The molecule has 3 rings (SSSR count). The lowest BCUT2D eigenvalue weighted by Gasteiger charge is -2.07. The Balaban J connectivity index is 1.56. The molecule has 2 aromatic rings. The molecule has 7 heteroatoms. The number of aryl methyl sites for hydroxylation is 3. The average molecular weight is 342 g/mol. The smallest absolute Gasteiger partial charge is 0.293 e. The monoisotopic (exact) mass is 342 g/mol. The number of hydrogen-bond acceptors (Lipinski definition) is 6. The van der Waals surface area contributed by atoms with Gasteiger partial charge >= 0.3 is 0 Å². The first-order valence-electron chi connectivity index (χ1n) is 8.37. The van der Waals surface area contributed by atoms with E-state index < -0.39 is 0 Å². The predicted octanol–water partition coefficient (Wildman–Crippen LogP) is 2.44. The Morgan fingerprint density at radius 3 is 2.72 bits per heavy atom. The highest BCUT2D eigenvalue weighted by atomic mass is 16.5. The second-order valence-electron chi connectivity index (χ2n) is 6.00. The topological polar surface area (TPSA) is 103 Å². The van der Waals surface area contributed by atoms with E-state index in [0.717, 1.165) is 12.8 Å². The maximum Gasteiger partial charge on any atom is 0.293 e. The molecule has 0 radical (unpaired) electrons. The van der Waals surface area contributed by atoms with Crippen molar-refractivity contribution in [1.29, 1.82) is 0 Å². The van der Waals surface area contributed by atoms with Gasteiger partial charge in [-0.05, 0) is 37.5 Å². The van der Waals surface area contributed by atoms with Gasteiger partial charge in [-0.3, -0.25) is 4.79 Å². The van der Waals surface area contributed by atoms with E-state index in [1.54, 1.807) is 6.92 Å². The van der Waals surface area contributed by atoms with Crippen LogP contribution in [0.15, 0.2) is 33.7 Å². The Bertz CT molecular complexity index is 780. The number of carbonyl (C=O) groups excluding carboxylic acids is 1. The second kappa shape index (κ2) is 7.38. The lowest BCUT2D eigenvalue weighted by molar-refractivity contribution is 0.0994. The van der Waals surface area contributed by atoms with Crippen molar-refractivity contribution in [3.8, 4) is 0 Å². The molecule has 2 heterocycles. The van der Waals surface area contributed by atoms with Crippen LogP contribution in [0.5, 0.6) is 0 Å². The zero-order chi connectivity index (χ0) is 17.8. The van der Waals surface area contributed by atoms with Gasteiger partial charge in [-0.25, -0.2) is 9.98 Å². The van der Waals surface area contributed by atoms with Crippen LogP contribution in [0.4, 0.5) is 5.69 Å². The molecular weight excluding hydrogens is 320 g/mol. The van der Waals surface area contributed by atoms with Crippen LogP contribution in [-0.4, -0.2) is 29.6 Å². The number of carbonyl (C=O) groups is 1. The van der Waals surface area contributed by atoms with E-state index in [1.807, 2.05) is 31.2 Å². The van der Waals surface area contributed by atoms with Crippen LogP contribution in [0.2, 0.25) is 0 Å². The largest absolute Gasteiger partial charge is 0.463 e. The van der Waals surface area contributed by atoms with E-state index >= 15 is 0 Å². The highest BCUT2D eigenvalue weighted by molar-refractivity contribution is 6.02. The van der Waals surface area contributed by atoms with Gasteiger partial charge in [-0.15, -0.1) is 0 Å². The summed E-state index contributed by atoms with van der Waals surface area (Å²) in [5.41, 5.74) is 7.99. The molecule has 3 N–H and O–H groups in total. The highest BCUT2D eigenvalue weighted by Gasteiger charge is 2.18. The number of amides is 1. The molecule has 0 aliphatic carbocycles. The first-order chi connectivity index (χ1) is 12.0. The average Bonchev–Trinajstić information content (AvgIpc) is 3.19. The number of nitrogens with zero attached hydrogens (tertiary/aromatic N) is 2. The Kier molecular flexibility index (Phi) is 5.02. The number of aliphatic imine (C=N–C) groups is 1. The van der Waals surface area contributed by atoms with Gasteiger partial charge in [0.1, 0.15) is 6.61 Å². The number of benzene rings is 1. The number of rotatable bonds is 6. The molecule has 1 aromatic heterocycles. The van der Waals surface area contributed by atoms with Gasteiger partial charge in [0.05, 0.1) is 11.7 Å². The lowest BCUT2D eigenvalue weighted by Crippen LogP contribution is -2.12. The summed E-state index contributed by atoms with van der Waals surface area (Å²) < 4.78 is 10.6. The molecule has 0 unspecified atom stereocenters. The fraction of sp³-hybridized carbons (Fsp3) is 0.389. The van der Waals surface area contributed by atoms with Gasteiger partial charge in [-0.2, -0.15) is 0 Å². The third-order valence-corrected chi connectivity index (χ3v) is 4.06. The van der Waals surface area contributed by atoms with Gasteiger partial charge in [0.2, 0.25) is 5.76 Å². The molecule has 1 aromatic carbocycles. The number of nitrogens with two attached hydrogens (primary N) is 1. The SMILES string of the molecule is CCc1nc(C)c(C(=O)Nc2ccc(CC[C@H]3COC(N)=N3)cc2)o1. The fourth-order valence-corrected chi connectivity index (χ4v) is 2.67. The number of oxazole rings is 1. The summed E-state index contributed by atoms with van der Waals surface area (Å²) in [6, 6.07) is 8.13. The van der Waals surface area contributed by atoms with Gasteiger partial charge < -0.3 is 20.2 Å². The van der Waals surface area contributed by atoms with E-state index in [0.29, 0.717) is 30.3 Å². The summed E-state index contributed by atoms with van der Waals surface area (Å²) in [5.74, 6) is 0.542. The van der Waals surface area contributed by atoms with Crippen molar-refractivity contribution in [1.82, 2.24) is 4.98 Å². The van der Waals surface area contributed by atoms with E-state index in [4.69, 9.17) is 14.9 Å². The van der Waals surface area contributed by atoms with E-state index in [1.165, 1.54) is 5.56 Å². The Morgan fingerprint density at radius 1 is 1.36 bits per heavy atom. The van der Waals surface area contributed by atoms with Crippen LogP contribution in [-0.2, 0) is 17.6 Å². The summed E-state index contributed by atoms with van der Waals surface area (Å²) >= 11 is 0. The number of hydrogen-bond donors (Lipinski definition) is 2. The minimum Gasteiger partial charge on any atom is -0.463 e. The third kappa shape index (κ3) is 4.17. The molecule has 0 fully saturated rings. The van der Waals surface area contributed by atoms with Crippen molar-refractivity contribution in [3.63, 3.8) is 0 Å². The van der Waals surface area contributed by atoms with Crippen LogP contribution in [0.3, 0.4) is 0 Å². The minimum atomic E-state index is -0.287. The Morgan fingerprint density at radius 2 is 2.12 bits per heavy atom. The quantitative estimate of drug-likeness (QED) is 0.839. The van der Waals surface area contributed by atoms with Crippen molar-refractivity contribution in [2.45, 2.75) is 39.2 Å². The molecule has 1 amide bonds. The molecule has 0 spiro atoms. The molecule has 25 heavy (non-hydrogen) atoms. The summed E-state index contributed by atoms with van der Waals surface area (Å²) in [7, 11) is 0. The van der Waals surface area contributed by atoms with Crippen molar-refractivity contribution in [3.05, 3.63) is 47.2 Å². The number of ether oxygens (including phenoxy) is 1. The maximum absolute atomic E-state index is 12.3. The molecule has 1 atom stereocenters. The fourth-order valence-electron chi connectivity index (χ4n) is 2.67. The Labute approximate surface area is 146 Å². The normalized spacial score (nSPS) is 16.4. The molecule has 0 saturated carbocycles. The standard InChI is InChI=1S/C18H22N4O3/c1-3-15-20-11(2)16(25-15)17(23)21-13-7-4-12(5-8-13)6-9-14-10-24-18(19)22-14/h4-5,7-8,14H,3,6,9-10H2,1-2H3,(H2,19,22)(H,21,23)/t14-/m0/s1. The maximum atomic E-state index is 12.3. The van der Waals surface area contributed by atoms with Crippen molar-refractivity contribution in [2.24, 2.45) is 10.7 Å². The Hall–Kier alpha value is -2.83. The second-order valence-corrected chi connectivity index (χ2v) is 6.00. The molecule has 1 aliphatic heterocycles. The van der Waals surface area contributed by atoms with Crippen LogP contribution in [0.25, 0.3) is 0 Å². The minimum absolute atomic E-state index is 0.126. The van der Waals surface area contributed by atoms with Crippen LogP contribution >= 0.6 is 0 Å². The number of amidine groups is 1. The highest BCUT2D eigenvalue weighted by Crippen LogP contribution is 2.17. The predicted molar refractivity (Wildman–Crippen MR) is 94.7 cm³/mol. The lowest BCUT2D eigenvalue weighted by atomic mass is 10.1. The van der Waals surface area contributed by atoms with Crippen molar-refractivity contribution in [2.75, 3.05) is 11.9 Å². The summed E-state index contributed by atoms with van der Waals surface area (Å²) in [4.78, 5) is 20.7. The zero-order valence-corrected chi connectivity index (χ0v) is 14.4. The summed E-state index contributed by atoms with van der Waals surface area (Å²) in [6.45, 7) is 4.25. The molecule has 1 aliphatic rings.